The maximum absolute atomic E-state index is 14.6. The fraction of sp³-hybridized carbons (Fsp3) is 0.431. The second-order valence-corrected chi connectivity index (χ2v) is 25.7. The van der Waals surface area contributed by atoms with Crippen molar-refractivity contribution in [1.29, 1.82) is 0 Å². The topological polar surface area (TPSA) is 333 Å². The first-order valence-corrected chi connectivity index (χ1v) is 29.4. The number of phosphoric ester groups is 1. The Labute approximate surface area is 442 Å². The monoisotopic (exact) mass is 1120 g/mol. The fourth-order valence-electron chi connectivity index (χ4n) is 10.9. The number of hydrogen-bond acceptors (Lipinski definition) is 15. The SMILES string of the molecule is CC1CC(C)(C)Nc2cc3c(cc21)C(c1ccccc1C(=O)N(C)CCCC(=O)NCC#Cc1cn([C@H]2CC[C@@H](COP(=O)(O)OP(=O)(O)OP(=O)([O-])O)O2)c2nc(N)[nH]c(=O)c12)=c1cc2c(cc1O3)=[NH+]C(C)(C)CC2C. The smallest absolute Gasteiger partial charge is 0.487 e. The average molecular weight is 1120 g/mol. The predicted octanol–water partition coefficient (Wildman–Crippen LogP) is 3.75. The summed E-state index contributed by atoms with van der Waals surface area (Å²) in [5.74, 6) is 6.96. The lowest BCUT2D eigenvalue weighted by atomic mass is 9.79. The van der Waals surface area contributed by atoms with E-state index in [0.717, 1.165) is 45.8 Å². The van der Waals surface area contributed by atoms with Gasteiger partial charge >= 0.3 is 15.6 Å². The standard InChI is InChI=1S/C51H61N8O15P3/c1-28-24-50(3,4)56-38-22-40-36(20-34(28)38)45(37-21-35-29(2)25-51(5,6)57-39(35)23-41(37)72-40)32-13-8-9-14-33(32)48(62)58(7)19-11-15-42(60)53-18-10-12-30-26-59(46-44(30)47(61)55-49(52)54-46)43-17-16-31(71-43)27-70-76(66,67)74-77(68,69)73-75(63,64)65/h8-9,13-14,20-23,26,28-29,31,43,56H,11,15-19,24-25,27H2,1-7H3,(H,53,60)(H,66,67)(H,68,69)(H2,63,64,65)(H3,52,54,55,61)/t28?,29?,31-,43+/m0/s1. The van der Waals surface area contributed by atoms with Crippen molar-refractivity contribution in [3.05, 3.63) is 109 Å². The molecule has 7 atom stereocenters. The zero-order valence-electron chi connectivity index (χ0n) is 43.4. The van der Waals surface area contributed by atoms with E-state index in [1.807, 2.05) is 24.3 Å². The Kier molecular flexibility index (Phi) is 15.2. The third-order valence-corrected chi connectivity index (χ3v) is 17.7. The van der Waals surface area contributed by atoms with E-state index in [0.29, 0.717) is 23.5 Å². The highest BCUT2D eigenvalue weighted by molar-refractivity contribution is 7.66. The molecule has 1 fully saturated rings. The molecule has 0 aliphatic carbocycles. The third kappa shape index (κ3) is 12.5. The van der Waals surface area contributed by atoms with Gasteiger partial charge < -0.3 is 54.9 Å². The molecule has 6 heterocycles. The highest BCUT2D eigenvalue weighted by atomic mass is 31.3. The van der Waals surface area contributed by atoms with Crippen molar-refractivity contribution in [3.63, 3.8) is 0 Å². The number of H-pyrrole nitrogens is 1. The van der Waals surface area contributed by atoms with E-state index in [1.165, 1.54) is 21.9 Å². The second-order valence-electron chi connectivity index (χ2n) is 21.3. The number of anilines is 2. The molecule has 5 unspecified atom stereocenters. The molecule has 9 rings (SSSR count). The van der Waals surface area contributed by atoms with Crippen LogP contribution in [0.3, 0.4) is 0 Å². The van der Waals surface area contributed by atoms with Gasteiger partial charge in [0.15, 0.2) is 11.2 Å². The molecule has 4 aliphatic heterocycles. The van der Waals surface area contributed by atoms with Crippen LogP contribution in [0.4, 0.5) is 11.6 Å². The van der Waals surface area contributed by atoms with E-state index in [1.54, 1.807) is 11.9 Å². The van der Waals surface area contributed by atoms with Crippen molar-refractivity contribution >= 4 is 63.5 Å². The summed E-state index contributed by atoms with van der Waals surface area (Å²) in [6, 6.07) is 16.3. The molecule has 2 aromatic heterocycles. The van der Waals surface area contributed by atoms with Gasteiger partial charge in [0.1, 0.15) is 17.7 Å². The number of benzene rings is 3. The Morgan fingerprint density at radius 2 is 1.74 bits per heavy atom. The zero-order chi connectivity index (χ0) is 55.6. The number of phosphoric acid groups is 3. The largest absolute Gasteiger partial charge is 0.756 e. The van der Waals surface area contributed by atoms with Gasteiger partial charge in [-0.1, -0.05) is 43.9 Å². The number of rotatable bonds is 15. The molecule has 0 radical (unpaired) electrons. The minimum Gasteiger partial charge on any atom is -0.756 e. The van der Waals surface area contributed by atoms with E-state index in [-0.39, 0.29) is 89.6 Å². The lowest BCUT2D eigenvalue weighted by Crippen LogP contribution is -2.90. The summed E-state index contributed by atoms with van der Waals surface area (Å²) in [7, 11) is -15.3. The number of nitrogens with two attached hydrogens (primary N) is 1. The number of carbonyl (C=O) groups is 2. The van der Waals surface area contributed by atoms with Crippen LogP contribution < -0.4 is 47.1 Å². The van der Waals surface area contributed by atoms with Crippen molar-refractivity contribution in [1.82, 2.24) is 24.8 Å². The Hall–Kier alpha value is -5.98. The first kappa shape index (κ1) is 55.8. The Morgan fingerprint density at radius 1 is 1.00 bits per heavy atom. The number of carbonyl (C=O) groups excluding carboxylic acids is 2. The van der Waals surface area contributed by atoms with Gasteiger partial charge in [0.2, 0.25) is 17.2 Å². The molecule has 4 aliphatic rings. The van der Waals surface area contributed by atoms with Gasteiger partial charge in [0.25, 0.3) is 19.3 Å². The summed E-state index contributed by atoms with van der Waals surface area (Å²) in [5, 5.41) is 8.50. The summed E-state index contributed by atoms with van der Waals surface area (Å²) in [4.78, 5) is 91.6. The normalized spacial score (nSPS) is 22.1. The maximum atomic E-state index is 14.6. The molecule has 0 spiro atoms. The molecule has 3 aromatic carbocycles. The number of nitrogens with zero attached hydrogens (tertiary/aromatic N) is 3. The Bertz CT molecular complexity index is 3640. The molecule has 9 N–H and O–H groups in total. The molecular weight excluding hydrogens is 1060 g/mol. The molecule has 5 aromatic rings. The summed E-state index contributed by atoms with van der Waals surface area (Å²) in [6.45, 7) is 12.8. The average Bonchev–Trinajstić information content (AvgIpc) is 3.95. The van der Waals surface area contributed by atoms with E-state index >= 15 is 0 Å². The molecule has 2 amide bonds. The van der Waals surface area contributed by atoms with Crippen LogP contribution in [-0.2, 0) is 36.4 Å². The second kappa shape index (κ2) is 21.0. The number of aromatic nitrogens is 3. The van der Waals surface area contributed by atoms with Crippen LogP contribution in [0, 0.1) is 11.8 Å². The zero-order valence-corrected chi connectivity index (χ0v) is 46.1. The van der Waals surface area contributed by atoms with Gasteiger partial charge in [-0.15, -0.1) is 0 Å². The van der Waals surface area contributed by atoms with E-state index < -0.39 is 48.0 Å². The predicted molar refractivity (Wildman–Crippen MR) is 280 cm³/mol. The lowest BCUT2D eigenvalue weighted by molar-refractivity contribution is -0.588. The van der Waals surface area contributed by atoms with Crippen molar-refractivity contribution in [2.24, 2.45) is 0 Å². The molecule has 1 saturated heterocycles. The van der Waals surface area contributed by atoms with E-state index in [2.05, 4.69) is 112 Å². The van der Waals surface area contributed by atoms with Crippen LogP contribution >= 0.6 is 23.5 Å². The first-order valence-electron chi connectivity index (χ1n) is 25.0. The number of aromatic amines is 1. The van der Waals surface area contributed by atoms with Crippen molar-refractivity contribution in [2.45, 2.75) is 115 Å². The van der Waals surface area contributed by atoms with Crippen LogP contribution in [-0.4, -0.2) is 89.9 Å². The number of fused-ring (bicyclic) bond motifs is 5. The summed E-state index contributed by atoms with van der Waals surface area (Å²) in [6.07, 6.45) is 2.49. The van der Waals surface area contributed by atoms with Crippen LogP contribution in [0.15, 0.2) is 59.5 Å². The van der Waals surface area contributed by atoms with Gasteiger partial charge in [-0.05, 0) is 94.5 Å². The summed E-state index contributed by atoms with van der Waals surface area (Å²) < 4.78 is 61.1. The number of nitrogens with one attached hydrogen (secondary N) is 4. The molecule has 0 saturated carbocycles. The Morgan fingerprint density at radius 3 is 2.49 bits per heavy atom. The van der Waals surface area contributed by atoms with E-state index in [4.69, 9.17) is 24.6 Å². The van der Waals surface area contributed by atoms with Crippen LogP contribution in [0.2, 0.25) is 0 Å². The van der Waals surface area contributed by atoms with Gasteiger partial charge in [-0.3, -0.25) is 28.5 Å². The quantitative estimate of drug-likeness (QED) is 0.0536. The molecule has 26 heteroatoms. The van der Waals surface area contributed by atoms with Crippen molar-refractivity contribution in [3.8, 4) is 23.3 Å². The summed E-state index contributed by atoms with van der Waals surface area (Å²) >= 11 is 0. The van der Waals surface area contributed by atoms with Crippen molar-refractivity contribution in [2.75, 3.05) is 37.8 Å². The highest BCUT2D eigenvalue weighted by Crippen LogP contribution is 2.65. The van der Waals surface area contributed by atoms with Gasteiger partial charge in [-0.2, -0.15) is 9.29 Å². The minimum atomic E-state index is -5.83. The van der Waals surface area contributed by atoms with Crippen molar-refractivity contribution < 1.29 is 70.5 Å². The molecule has 0 bridgehead atoms. The molecule has 23 nitrogen and oxygen atoms in total. The summed E-state index contributed by atoms with van der Waals surface area (Å²) in [5.41, 5.74) is 11.9. The molecule has 410 valence electrons. The molecular formula is C51H61N8O15P3. The van der Waals surface area contributed by atoms with Crippen LogP contribution in [0.25, 0.3) is 16.6 Å². The lowest BCUT2D eigenvalue weighted by Gasteiger charge is -2.38. The number of ether oxygens (including phenoxy) is 2. The van der Waals surface area contributed by atoms with Crippen LogP contribution in [0.1, 0.15) is 136 Å². The maximum Gasteiger partial charge on any atom is 0.487 e. The number of amides is 2. The number of hydrogen-bond donors (Lipinski definition) is 8. The Balaban J connectivity index is 0.867. The third-order valence-electron chi connectivity index (χ3n) is 13.9. The molecule has 77 heavy (non-hydrogen) atoms. The first-order chi connectivity index (χ1) is 36.0. The number of nitrogen functional groups attached to an aromatic ring is 1. The van der Waals surface area contributed by atoms with Gasteiger partial charge in [0.05, 0.1) is 36.3 Å². The van der Waals surface area contributed by atoms with Gasteiger partial charge in [0, 0.05) is 77.4 Å². The van der Waals surface area contributed by atoms with Gasteiger partial charge in [-0.25, -0.2) is 18.4 Å². The highest BCUT2D eigenvalue weighted by Gasteiger charge is 2.40. The minimum absolute atomic E-state index is 0.0654. The van der Waals surface area contributed by atoms with Crippen LogP contribution in [0.5, 0.6) is 11.5 Å². The van der Waals surface area contributed by atoms with E-state index in [9.17, 15) is 42.8 Å². The fourth-order valence-corrected chi connectivity index (χ4v) is 14.0.